The summed E-state index contributed by atoms with van der Waals surface area (Å²) in [6.45, 7) is 6.83. The Kier molecular flexibility index (Phi) is 6.81. The van der Waals surface area contributed by atoms with Gasteiger partial charge in [-0.25, -0.2) is 4.79 Å². The number of rotatable bonds is 7. The van der Waals surface area contributed by atoms with Gasteiger partial charge in [-0.05, 0) is 25.8 Å². The Morgan fingerprint density at radius 1 is 1.24 bits per heavy atom. The van der Waals surface area contributed by atoms with Crippen LogP contribution in [0.4, 0.5) is 0 Å². The molecule has 0 spiro atoms. The van der Waals surface area contributed by atoms with Crippen LogP contribution in [0, 0.1) is 18.8 Å². The van der Waals surface area contributed by atoms with Crippen LogP contribution in [0.5, 0.6) is 0 Å². The van der Waals surface area contributed by atoms with Crippen molar-refractivity contribution in [2.75, 3.05) is 20.6 Å². The lowest BCUT2D eigenvalue weighted by Gasteiger charge is -2.46. The van der Waals surface area contributed by atoms with E-state index >= 15 is 0 Å². The van der Waals surface area contributed by atoms with Crippen LogP contribution in [0.25, 0.3) is 0 Å². The molecule has 0 aliphatic carbocycles. The molecule has 0 aromatic heterocycles. The lowest BCUT2D eigenvalue weighted by molar-refractivity contribution is -0.163. The van der Waals surface area contributed by atoms with Gasteiger partial charge in [0, 0.05) is 43.3 Å². The molecule has 0 bridgehead atoms. The van der Waals surface area contributed by atoms with Gasteiger partial charge < -0.3 is 20.0 Å². The zero-order valence-electron chi connectivity index (χ0n) is 20.3. The summed E-state index contributed by atoms with van der Waals surface area (Å²) in [5, 5.41) is 20.0. The highest BCUT2D eigenvalue weighted by molar-refractivity contribution is 8.03. The van der Waals surface area contributed by atoms with Crippen molar-refractivity contribution in [1.29, 1.82) is 0 Å². The number of thioether (sulfide) groups is 1. The number of aliphatic hydroxyl groups is 1. The maximum Gasteiger partial charge on any atom is 0.353 e. The average molecular weight is 488 g/mol. The van der Waals surface area contributed by atoms with Crippen molar-refractivity contribution in [2.24, 2.45) is 11.8 Å². The molecule has 0 radical (unpaired) electrons. The van der Waals surface area contributed by atoms with Gasteiger partial charge in [-0.15, -0.1) is 11.8 Å². The molecule has 0 unspecified atom stereocenters. The topological polar surface area (TPSA) is 101 Å². The Bertz CT molecular complexity index is 1020. The van der Waals surface area contributed by atoms with E-state index in [1.54, 1.807) is 25.9 Å². The zero-order valence-corrected chi connectivity index (χ0v) is 21.1. The molecule has 3 aliphatic heterocycles. The van der Waals surface area contributed by atoms with Crippen LogP contribution in [0.15, 0.2) is 34.9 Å². The highest BCUT2D eigenvalue weighted by Crippen LogP contribution is 2.52. The third kappa shape index (κ3) is 4.25. The Balaban J connectivity index is 1.57. The number of carboxylic acids is 1. The van der Waals surface area contributed by atoms with Crippen LogP contribution < -0.4 is 0 Å². The Hall–Kier alpha value is -2.36. The number of likely N-dealkylation sites (N-methyl/N-ethyl adjacent to an activating group) is 1. The standard InChI is InChI=1S/C25H33N3O5S/c1-13-6-8-16(9-7-13)11-27-12-17(10-18(27)23(30)26(4)5)34-22-14(2)20-19(15(3)29)24(31)28(20)21(22)25(32)33/h6-9,14-15,17-20,29H,10-12H2,1-5H3,(H,32,33)/t14-,15-,17+,18+,19-,20-/m1/s1. The molecule has 0 saturated carbocycles. The van der Waals surface area contributed by atoms with Crippen LogP contribution in [0.2, 0.25) is 0 Å². The highest BCUT2D eigenvalue weighted by Gasteiger charge is 2.60. The van der Waals surface area contributed by atoms with Crippen molar-refractivity contribution >= 4 is 29.5 Å². The van der Waals surface area contributed by atoms with Gasteiger partial charge in [-0.1, -0.05) is 36.8 Å². The maximum absolute atomic E-state index is 13.0. The smallest absolute Gasteiger partial charge is 0.353 e. The summed E-state index contributed by atoms with van der Waals surface area (Å²) in [7, 11) is 3.51. The molecule has 2 fully saturated rings. The fourth-order valence-corrected chi connectivity index (χ4v) is 7.02. The highest BCUT2D eigenvalue weighted by atomic mass is 32.2. The third-order valence-corrected chi connectivity index (χ3v) is 8.70. The normalized spacial score (nSPS) is 29.8. The van der Waals surface area contributed by atoms with Gasteiger partial charge in [-0.3, -0.25) is 14.5 Å². The van der Waals surface area contributed by atoms with Crippen molar-refractivity contribution in [2.45, 2.75) is 57.2 Å². The number of carbonyl (C=O) groups is 3. The number of carboxylic acid groups (broad SMARTS) is 1. The van der Waals surface area contributed by atoms with Gasteiger partial charge in [0.25, 0.3) is 0 Å². The average Bonchev–Trinajstić information content (AvgIpc) is 3.26. The number of nitrogens with zero attached hydrogens (tertiary/aromatic N) is 3. The molecule has 1 aromatic rings. The number of β-lactam (4-membered cyclic amide) rings is 1. The molecule has 4 rings (SSSR count). The Morgan fingerprint density at radius 3 is 2.44 bits per heavy atom. The van der Waals surface area contributed by atoms with Crippen LogP contribution >= 0.6 is 11.8 Å². The van der Waals surface area contributed by atoms with Crippen LogP contribution in [-0.2, 0) is 20.9 Å². The molecule has 8 nitrogen and oxygen atoms in total. The molecule has 184 valence electrons. The first kappa shape index (κ1) is 24.8. The van der Waals surface area contributed by atoms with Gasteiger partial charge in [0.15, 0.2) is 0 Å². The van der Waals surface area contributed by atoms with E-state index in [-0.39, 0.29) is 40.8 Å². The molecule has 3 aliphatic rings. The number of amides is 2. The SMILES string of the molecule is Cc1ccc(CN2C[C@@H](SC3=C(C(=O)O)N4C(=O)[C@H]([C@@H](C)O)[C@H]4[C@H]3C)C[C@H]2C(=O)N(C)C)cc1. The summed E-state index contributed by atoms with van der Waals surface area (Å²) >= 11 is 1.48. The van der Waals surface area contributed by atoms with Crippen LogP contribution in [-0.4, -0.2) is 86.8 Å². The van der Waals surface area contributed by atoms with Crippen molar-refractivity contribution in [3.63, 3.8) is 0 Å². The van der Waals surface area contributed by atoms with Crippen molar-refractivity contribution < 1.29 is 24.6 Å². The molecule has 2 N–H and O–H groups in total. The monoisotopic (exact) mass is 487 g/mol. The molecule has 3 heterocycles. The van der Waals surface area contributed by atoms with E-state index in [1.165, 1.54) is 22.2 Å². The third-order valence-electron chi connectivity index (χ3n) is 7.20. The number of aryl methyl sites for hydroxylation is 1. The molecule has 2 saturated heterocycles. The second kappa shape index (κ2) is 9.36. The van der Waals surface area contributed by atoms with Gasteiger partial charge in [0.1, 0.15) is 5.70 Å². The van der Waals surface area contributed by atoms with E-state index in [2.05, 4.69) is 29.2 Å². The summed E-state index contributed by atoms with van der Waals surface area (Å²) in [6.07, 6.45) is -0.219. The molecular formula is C25H33N3O5S. The first-order chi connectivity index (χ1) is 16.0. The largest absolute Gasteiger partial charge is 0.477 e. The number of hydrogen-bond acceptors (Lipinski definition) is 6. The number of fused-ring (bicyclic) bond motifs is 1. The first-order valence-electron chi connectivity index (χ1n) is 11.7. The molecule has 1 aromatic carbocycles. The van der Waals surface area contributed by atoms with E-state index in [0.717, 1.165) is 5.56 Å². The summed E-state index contributed by atoms with van der Waals surface area (Å²) in [6, 6.07) is 7.65. The molecule has 2 amide bonds. The summed E-state index contributed by atoms with van der Waals surface area (Å²) in [5.41, 5.74) is 2.34. The quantitative estimate of drug-likeness (QED) is 0.567. The second-order valence-electron chi connectivity index (χ2n) is 9.91. The molecular weight excluding hydrogens is 454 g/mol. The van der Waals surface area contributed by atoms with Gasteiger partial charge in [-0.2, -0.15) is 0 Å². The van der Waals surface area contributed by atoms with E-state index in [4.69, 9.17) is 0 Å². The van der Waals surface area contributed by atoms with Crippen LogP contribution in [0.1, 0.15) is 31.4 Å². The van der Waals surface area contributed by atoms with Crippen molar-refractivity contribution in [1.82, 2.24) is 14.7 Å². The predicted octanol–water partition coefficient (Wildman–Crippen LogP) is 1.91. The molecule has 34 heavy (non-hydrogen) atoms. The number of carbonyl (C=O) groups excluding carboxylic acids is 2. The Morgan fingerprint density at radius 2 is 1.88 bits per heavy atom. The van der Waals surface area contributed by atoms with E-state index < -0.39 is 18.0 Å². The summed E-state index contributed by atoms with van der Waals surface area (Å²) < 4.78 is 0. The fourth-order valence-electron chi connectivity index (χ4n) is 5.46. The lowest BCUT2D eigenvalue weighted by atomic mass is 9.79. The number of hydrogen-bond donors (Lipinski definition) is 2. The van der Waals surface area contributed by atoms with E-state index in [1.807, 2.05) is 13.8 Å². The maximum atomic E-state index is 13.0. The molecule has 6 atom stereocenters. The van der Waals surface area contributed by atoms with E-state index in [0.29, 0.717) is 24.4 Å². The number of likely N-dealkylation sites (tertiary alicyclic amines) is 1. The summed E-state index contributed by atoms with van der Waals surface area (Å²) in [5.74, 6) is -2.16. The number of aliphatic hydroxyl groups excluding tert-OH is 1. The van der Waals surface area contributed by atoms with Crippen molar-refractivity contribution in [3.05, 3.63) is 46.0 Å². The number of benzene rings is 1. The molecule has 9 heteroatoms. The predicted molar refractivity (Wildman–Crippen MR) is 130 cm³/mol. The van der Waals surface area contributed by atoms with E-state index in [9.17, 15) is 24.6 Å². The summed E-state index contributed by atoms with van der Waals surface area (Å²) in [4.78, 5) is 43.6. The first-order valence-corrected chi connectivity index (χ1v) is 12.5. The Labute approximate surface area is 204 Å². The zero-order chi connectivity index (χ0) is 24.9. The van der Waals surface area contributed by atoms with Gasteiger partial charge in [0.05, 0.1) is 24.1 Å². The van der Waals surface area contributed by atoms with Gasteiger partial charge in [0.2, 0.25) is 11.8 Å². The van der Waals surface area contributed by atoms with Crippen LogP contribution in [0.3, 0.4) is 0 Å². The van der Waals surface area contributed by atoms with Crippen molar-refractivity contribution in [3.8, 4) is 0 Å². The van der Waals surface area contributed by atoms with Gasteiger partial charge >= 0.3 is 5.97 Å². The second-order valence-corrected chi connectivity index (χ2v) is 11.3. The lowest BCUT2D eigenvalue weighted by Crippen LogP contribution is -2.63. The minimum atomic E-state index is -1.12. The number of aliphatic carboxylic acids is 1. The minimum Gasteiger partial charge on any atom is -0.477 e. The fraction of sp³-hybridized carbons (Fsp3) is 0.560. The minimum absolute atomic E-state index is 0.0185.